The molecule has 2 aromatic rings. The number of fused-ring (bicyclic) bond motifs is 1. The number of rotatable bonds is 7. The molecule has 4 nitrogen and oxygen atoms in total. The number of benzene rings is 2. The third-order valence-electron chi connectivity index (χ3n) is 5.32. The van der Waals surface area contributed by atoms with E-state index in [0.717, 1.165) is 24.2 Å². The second kappa shape index (κ2) is 8.42. The largest absolute Gasteiger partial charge is 0.487 e. The van der Waals surface area contributed by atoms with Crippen LogP contribution in [0, 0.1) is 0 Å². The number of nitrogens with one attached hydrogen (secondary N) is 1. The van der Waals surface area contributed by atoms with Gasteiger partial charge in [-0.15, -0.1) is 0 Å². The first-order chi connectivity index (χ1) is 12.9. The highest BCUT2D eigenvalue weighted by molar-refractivity contribution is 5.42. The molecular weight excluding hydrogens is 336 g/mol. The molecule has 1 heterocycles. The molecule has 0 radical (unpaired) electrons. The van der Waals surface area contributed by atoms with Crippen molar-refractivity contribution in [3.63, 3.8) is 0 Å². The molecule has 0 aromatic heterocycles. The van der Waals surface area contributed by atoms with Crippen molar-refractivity contribution in [3.05, 3.63) is 65.2 Å². The average Bonchev–Trinajstić information content (AvgIpc) is 2.65. The maximum Gasteiger partial charge on any atom is 0.124 e. The first-order valence-electron chi connectivity index (χ1n) is 9.91. The molecule has 0 bridgehead atoms. The summed E-state index contributed by atoms with van der Waals surface area (Å²) < 4.78 is 6.16. The summed E-state index contributed by atoms with van der Waals surface area (Å²) >= 11 is 0. The lowest BCUT2D eigenvalue weighted by atomic mass is 9.88. The van der Waals surface area contributed by atoms with E-state index in [-0.39, 0.29) is 17.7 Å². The van der Waals surface area contributed by atoms with Gasteiger partial charge in [-0.1, -0.05) is 49.4 Å². The Balaban J connectivity index is 1.66. The van der Waals surface area contributed by atoms with Crippen LogP contribution >= 0.6 is 0 Å². The van der Waals surface area contributed by atoms with Crippen LogP contribution in [-0.4, -0.2) is 29.4 Å². The third-order valence-corrected chi connectivity index (χ3v) is 5.32. The first-order valence-corrected chi connectivity index (χ1v) is 9.91. The predicted octanol–water partition coefficient (Wildman–Crippen LogP) is 3.37. The van der Waals surface area contributed by atoms with E-state index >= 15 is 0 Å². The van der Waals surface area contributed by atoms with Gasteiger partial charge in [0.15, 0.2) is 0 Å². The molecule has 0 amide bonds. The molecule has 0 spiro atoms. The minimum absolute atomic E-state index is 0.147. The fourth-order valence-corrected chi connectivity index (χ4v) is 3.74. The number of nitrogens with two attached hydrogens (primary N) is 1. The Kier molecular flexibility index (Phi) is 6.20. The smallest absolute Gasteiger partial charge is 0.124 e. The maximum atomic E-state index is 10.6. The van der Waals surface area contributed by atoms with E-state index in [0.29, 0.717) is 13.0 Å². The van der Waals surface area contributed by atoms with Crippen LogP contribution in [0.25, 0.3) is 0 Å². The van der Waals surface area contributed by atoms with Gasteiger partial charge in [-0.25, -0.2) is 0 Å². The zero-order valence-corrected chi connectivity index (χ0v) is 16.6. The van der Waals surface area contributed by atoms with Gasteiger partial charge in [-0.05, 0) is 43.9 Å². The Morgan fingerprint density at radius 2 is 1.93 bits per heavy atom. The Morgan fingerprint density at radius 3 is 2.63 bits per heavy atom. The number of hydrogen-bond acceptors (Lipinski definition) is 4. The van der Waals surface area contributed by atoms with Gasteiger partial charge in [0.25, 0.3) is 0 Å². The molecule has 146 valence electrons. The highest BCUT2D eigenvalue weighted by Gasteiger charge is 2.34. The Morgan fingerprint density at radius 1 is 1.19 bits per heavy atom. The summed E-state index contributed by atoms with van der Waals surface area (Å²) in [7, 11) is 0. The fraction of sp³-hybridized carbons (Fsp3) is 0.478. The summed E-state index contributed by atoms with van der Waals surface area (Å²) in [5.41, 5.74) is 9.63. The van der Waals surface area contributed by atoms with Crippen LogP contribution in [0.15, 0.2) is 48.5 Å². The van der Waals surface area contributed by atoms with Crippen LogP contribution in [0.5, 0.6) is 5.75 Å². The minimum atomic E-state index is -0.603. The molecule has 1 unspecified atom stereocenters. The summed E-state index contributed by atoms with van der Waals surface area (Å²) in [5.74, 6) is 0.934. The normalized spacial score (nSPS) is 20.4. The number of aliphatic hydroxyl groups is 1. The van der Waals surface area contributed by atoms with Crippen molar-refractivity contribution < 1.29 is 9.84 Å². The van der Waals surface area contributed by atoms with E-state index < -0.39 is 6.10 Å². The molecule has 27 heavy (non-hydrogen) atoms. The topological polar surface area (TPSA) is 67.5 Å². The van der Waals surface area contributed by atoms with E-state index in [1.165, 1.54) is 11.1 Å². The molecule has 0 saturated carbocycles. The van der Waals surface area contributed by atoms with Gasteiger partial charge in [0.05, 0.1) is 6.10 Å². The Bertz CT molecular complexity index is 745. The molecule has 4 N–H and O–H groups in total. The van der Waals surface area contributed by atoms with Crippen molar-refractivity contribution in [2.45, 2.75) is 63.8 Å². The maximum absolute atomic E-state index is 10.6. The van der Waals surface area contributed by atoms with Gasteiger partial charge in [0.1, 0.15) is 11.4 Å². The van der Waals surface area contributed by atoms with Crippen LogP contribution in [0.2, 0.25) is 0 Å². The van der Waals surface area contributed by atoms with Gasteiger partial charge in [0, 0.05) is 30.6 Å². The molecule has 2 aromatic carbocycles. The standard InChI is InChI=1S/C23H32N2O2/c1-4-16-10-11-22-18(12-16)20(14-23(2,3)27-22)25-15-21(26)19(24)13-17-8-6-5-7-9-17/h5-12,19-21,25-26H,4,13-15,24H2,1-3H3/t19-,20?,21+/m1/s1. The highest BCUT2D eigenvalue weighted by atomic mass is 16.5. The van der Waals surface area contributed by atoms with E-state index in [9.17, 15) is 5.11 Å². The number of hydrogen-bond donors (Lipinski definition) is 3. The van der Waals surface area contributed by atoms with Gasteiger partial charge in [-0.2, -0.15) is 0 Å². The lowest BCUT2D eigenvalue weighted by Crippen LogP contribution is -2.46. The van der Waals surface area contributed by atoms with Crippen LogP contribution < -0.4 is 15.8 Å². The second-order valence-electron chi connectivity index (χ2n) is 8.17. The SMILES string of the molecule is CCc1ccc2c(c1)C(NC[C@H](O)[C@H](N)Cc1ccccc1)CC(C)(C)O2. The quantitative estimate of drug-likeness (QED) is 0.701. The fourth-order valence-electron chi connectivity index (χ4n) is 3.74. The number of aliphatic hydroxyl groups excluding tert-OH is 1. The van der Waals surface area contributed by atoms with Gasteiger partial charge in [-0.3, -0.25) is 0 Å². The summed E-state index contributed by atoms with van der Waals surface area (Å²) in [6.07, 6.45) is 1.91. The average molecular weight is 369 g/mol. The summed E-state index contributed by atoms with van der Waals surface area (Å²) in [5, 5.41) is 14.1. The van der Waals surface area contributed by atoms with Crippen LogP contribution in [0.4, 0.5) is 0 Å². The van der Waals surface area contributed by atoms with Crippen LogP contribution in [0.1, 0.15) is 49.9 Å². The molecule has 0 fully saturated rings. The second-order valence-corrected chi connectivity index (χ2v) is 8.17. The Labute approximate surface area is 162 Å². The molecule has 3 rings (SSSR count). The number of aryl methyl sites for hydroxylation is 1. The van der Waals surface area contributed by atoms with E-state index in [4.69, 9.17) is 10.5 Å². The van der Waals surface area contributed by atoms with Gasteiger partial charge in [0.2, 0.25) is 0 Å². The summed E-state index contributed by atoms with van der Waals surface area (Å²) in [6, 6.07) is 16.3. The van der Waals surface area contributed by atoms with Gasteiger partial charge < -0.3 is 20.9 Å². The molecule has 0 saturated heterocycles. The first kappa shape index (κ1) is 19.9. The number of ether oxygens (including phenoxy) is 1. The molecule has 0 aliphatic carbocycles. The molecule has 1 aliphatic heterocycles. The zero-order valence-electron chi connectivity index (χ0n) is 16.6. The molecule has 4 heteroatoms. The van der Waals surface area contributed by atoms with Gasteiger partial charge >= 0.3 is 0 Å². The van der Waals surface area contributed by atoms with Crippen molar-refractivity contribution in [1.82, 2.24) is 5.32 Å². The lowest BCUT2D eigenvalue weighted by molar-refractivity contribution is 0.0604. The van der Waals surface area contributed by atoms with Crippen molar-refractivity contribution in [1.29, 1.82) is 0 Å². The van der Waals surface area contributed by atoms with Crippen molar-refractivity contribution in [2.24, 2.45) is 5.73 Å². The molecule has 3 atom stereocenters. The van der Waals surface area contributed by atoms with E-state index in [2.05, 4.69) is 44.3 Å². The van der Waals surface area contributed by atoms with Crippen molar-refractivity contribution in [2.75, 3.05) is 6.54 Å². The van der Waals surface area contributed by atoms with Crippen LogP contribution in [0.3, 0.4) is 0 Å². The predicted molar refractivity (Wildman–Crippen MR) is 110 cm³/mol. The monoisotopic (exact) mass is 368 g/mol. The van der Waals surface area contributed by atoms with Crippen molar-refractivity contribution in [3.8, 4) is 5.75 Å². The molecule has 1 aliphatic rings. The summed E-state index contributed by atoms with van der Waals surface area (Å²) in [4.78, 5) is 0. The Hall–Kier alpha value is -1.88. The highest BCUT2D eigenvalue weighted by Crippen LogP contribution is 2.40. The lowest BCUT2D eigenvalue weighted by Gasteiger charge is -2.38. The summed E-state index contributed by atoms with van der Waals surface area (Å²) in [6.45, 7) is 6.83. The van der Waals surface area contributed by atoms with Crippen LogP contribution in [-0.2, 0) is 12.8 Å². The minimum Gasteiger partial charge on any atom is -0.487 e. The zero-order chi connectivity index (χ0) is 19.4. The van der Waals surface area contributed by atoms with Crippen molar-refractivity contribution >= 4 is 0 Å². The van der Waals surface area contributed by atoms with E-state index in [1.54, 1.807) is 0 Å². The third kappa shape index (κ3) is 5.10. The van der Waals surface area contributed by atoms with E-state index in [1.807, 2.05) is 30.3 Å². The molecular formula is C23H32N2O2.